The zero-order chi connectivity index (χ0) is 31.0. The van der Waals surface area contributed by atoms with Crippen LogP contribution in [-0.4, -0.2) is 56.8 Å². The second-order valence-electron chi connectivity index (χ2n) is 10.9. The highest BCUT2D eigenvalue weighted by atomic mass is 32.2. The highest BCUT2D eigenvalue weighted by Crippen LogP contribution is 2.36. The summed E-state index contributed by atoms with van der Waals surface area (Å²) in [7, 11) is -3.65. The van der Waals surface area contributed by atoms with Crippen LogP contribution in [0.15, 0.2) is 72.8 Å². The molecule has 0 saturated heterocycles. The largest absolute Gasteiger partial charge is 0.454 e. The Morgan fingerprint density at radius 2 is 1.67 bits per heavy atom. The summed E-state index contributed by atoms with van der Waals surface area (Å²) < 4.78 is 37.6. The standard InChI is InChI=1S/C33H41N3O6S/c1-5-25(3)34-33(38)29(20-26-13-7-6-8-14-26)35(22-27-15-10-9-12-24(27)2)32(37)16-11-19-36(43(4,39)40)28-17-18-30-31(21-28)42-23-41-30/h6-10,12-15,17-18,21,25,29H,5,11,16,19-20,22-23H2,1-4H3,(H,34,38). The van der Waals surface area contributed by atoms with Gasteiger partial charge in [0.05, 0.1) is 11.9 Å². The van der Waals surface area contributed by atoms with E-state index in [4.69, 9.17) is 9.47 Å². The van der Waals surface area contributed by atoms with Crippen molar-refractivity contribution in [3.8, 4) is 11.5 Å². The van der Waals surface area contributed by atoms with E-state index in [0.717, 1.165) is 29.4 Å². The molecule has 0 aliphatic carbocycles. The van der Waals surface area contributed by atoms with Crippen LogP contribution in [0.1, 0.15) is 49.8 Å². The van der Waals surface area contributed by atoms with E-state index in [-0.39, 0.29) is 50.6 Å². The predicted octanol–water partition coefficient (Wildman–Crippen LogP) is 4.82. The number of fused-ring (bicyclic) bond motifs is 1. The van der Waals surface area contributed by atoms with Crippen molar-refractivity contribution in [1.29, 1.82) is 0 Å². The van der Waals surface area contributed by atoms with Crippen LogP contribution in [0.25, 0.3) is 0 Å². The normalized spacial score (nSPS) is 13.7. The molecule has 0 saturated carbocycles. The Morgan fingerprint density at radius 1 is 0.977 bits per heavy atom. The van der Waals surface area contributed by atoms with Crippen molar-refractivity contribution in [1.82, 2.24) is 10.2 Å². The van der Waals surface area contributed by atoms with Crippen LogP contribution in [-0.2, 0) is 32.6 Å². The first-order valence-corrected chi connectivity index (χ1v) is 16.5. The van der Waals surface area contributed by atoms with Crippen LogP contribution in [0, 0.1) is 6.92 Å². The molecule has 9 nitrogen and oxygen atoms in total. The smallest absolute Gasteiger partial charge is 0.243 e. The molecule has 4 rings (SSSR count). The summed E-state index contributed by atoms with van der Waals surface area (Å²) in [5.74, 6) is 0.600. The number of aryl methyl sites for hydroxylation is 1. The third kappa shape index (κ3) is 8.50. The Hall–Kier alpha value is -4.05. The van der Waals surface area contributed by atoms with E-state index in [1.165, 1.54) is 4.31 Å². The summed E-state index contributed by atoms with van der Waals surface area (Å²) in [5.41, 5.74) is 3.35. The molecule has 1 aliphatic rings. The molecule has 3 aromatic rings. The van der Waals surface area contributed by atoms with E-state index >= 15 is 0 Å². The molecule has 2 atom stereocenters. The quantitative estimate of drug-likeness (QED) is 0.282. The van der Waals surface area contributed by atoms with Crippen molar-refractivity contribution in [2.75, 3.05) is 23.9 Å². The van der Waals surface area contributed by atoms with Gasteiger partial charge in [0.25, 0.3) is 0 Å². The second kappa shape index (κ2) is 14.4. The number of nitrogens with zero attached hydrogens (tertiary/aromatic N) is 2. The van der Waals surface area contributed by atoms with E-state index in [1.807, 2.05) is 75.4 Å². The molecule has 2 unspecified atom stereocenters. The van der Waals surface area contributed by atoms with Gasteiger partial charge in [0.1, 0.15) is 6.04 Å². The number of hydrogen-bond donors (Lipinski definition) is 1. The van der Waals surface area contributed by atoms with Crippen molar-refractivity contribution >= 4 is 27.5 Å². The minimum absolute atomic E-state index is 0.0498. The average molecular weight is 608 g/mol. The molecule has 3 aromatic carbocycles. The van der Waals surface area contributed by atoms with Crippen molar-refractivity contribution in [2.24, 2.45) is 0 Å². The second-order valence-corrected chi connectivity index (χ2v) is 12.9. The molecule has 1 aliphatic heterocycles. The zero-order valence-electron chi connectivity index (χ0n) is 25.3. The Bertz CT molecular complexity index is 1510. The molecule has 1 heterocycles. The lowest BCUT2D eigenvalue weighted by Crippen LogP contribution is -2.52. The van der Waals surface area contributed by atoms with Crippen LogP contribution >= 0.6 is 0 Å². The number of hydrogen-bond acceptors (Lipinski definition) is 6. The average Bonchev–Trinajstić information content (AvgIpc) is 3.45. The summed E-state index contributed by atoms with van der Waals surface area (Å²) in [6.07, 6.45) is 2.57. The van der Waals surface area contributed by atoms with Crippen LogP contribution < -0.4 is 19.1 Å². The molecule has 10 heteroatoms. The minimum Gasteiger partial charge on any atom is -0.454 e. The van der Waals surface area contributed by atoms with Gasteiger partial charge in [-0.2, -0.15) is 0 Å². The Balaban J connectivity index is 1.59. The van der Waals surface area contributed by atoms with E-state index in [9.17, 15) is 18.0 Å². The molecule has 43 heavy (non-hydrogen) atoms. The van der Waals surface area contributed by atoms with Crippen molar-refractivity contribution in [3.63, 3.8) is 0 Å². The predicted molar refractivity (Wildman–Crippen MR) is 168 cm³/mol. The van der Waals surface area contributed by atoms with Crippen LogP contribution in [0.3, 0.4) is 0 Å². The van der Waals surface area contributed by atoms with Gasteiger partial charge in [-0.15, -0.1) is 0 Å². The fourth-order valence-electron chi connectivity index (χ4n) is 5.01. The first-order valence-electron chi connectivity index (χ1n) is 14.6. The summed E-state index contributed by atoms with van der Waals surface area (Å²) in [5, 5.41) is 3.08. The van der Waals surface area contributed by atoms with Crippen LogP contribution in [0.4, 0.5) is 5.69 Å². The highest BCUT2D eigenvalue weighted by molar-refractivity contribution is 7.92. The summed E-state index contributed by atoms with van der Waals surface area (Å²) in [6, 6.07) is 21.6. The van der Waals surface area contributed by atoms with Gasteiger partial charge >= 0.3 is 0 Å². The molecule has 230 valence electrons. The first-order chi connectivity index (χ1) is 20.6. The van der Waals surface area contributed by atoms with Crippen molar-refractivity contribution in [3.05, 3.63) is 89.5 Å². The number of amides is 2. The molecule has 0 fully saturated rings. The number of benzene rings is 3. The lowest BCUT2D eigenvalue weighted by atomic mass is 10.0. The van der Waals surface area contributed by atoms with Crippen LogP contribution in [0.2, 0.25) is 0 Å². The monoisotopic (exact) mass is 607 g/mol. The lowest BCUT2D eigenvalue weighted by molar-refractivity contribution is -0.141. The maximum atomic E-state index is 14.0. The lowest BCUT2D eigenvalue weighted by Gasteiger charge is -2.33. The van der Waals surface area contributed by atoms with Gasteiger partial charge in [0, 0.05) is 38.0 Å². The molecule has 0 bridgehead atoms. The number of carbonyl (C=O) groups is 2. The van der Waals surface area contributed by atoms with E-state index < -0.39 is 16.1 Å². The molecular formula is C33H41N3O6S. The molecule has 0 spiro atoms. The number of anilines is 1. The number of ether oxygens (including phenoxy) is 2. The van der Waals surface area contributed by atoms with Crippen molar-refractivity contribution < 1.29 is 27.5 Å². The van der Waals surface area contributed by atoms with E-state index in [2.05, 4.69) is 5.32 Å². The number of carbonyl (C=O) groups excluding carboxylic acids is 2. The maximum absolute atomic E-state index is 14.0. The fourth-order valence-corrected chi connectivity index (χ4v) is 5.97. The van der Waals surface area contributed by atoms with Gasteiger partial charge in [0.15, 0.2) is 11.5 Å². The van der Waals surface area contributed by atoms with Gasteiger partial charge < -0.3 is 19.7 Å². The number of nitrogens with one attached hydrogen (secondary N) is 1. The Kier molecular flexibility index (Phi) is 10.7. The molecular weight excluding hydrogens is 566 g/mol. The van der Waals surface area contributed by atoms with E-state index in [1.54, 1.807) is 23.1 Å². The van der Waals surface area contributed by atoms with Gasteiger partial charge in [-0.25, -0.2) is 8.42 Å². The maximum Gasteiger partial charge on any atom is 0.243 e. The first kappa shape index (κ1) is 31.9. The Morgan fingerprint density at radius 3 is 2.37 bits per heavy atom. The third-order valence-corrected chi connectivity index (χ3v) is 8.86. The summed E-state index contributed by atoms with van der Waals surface area (Å²) >= 11 is 0. The van der Waals surface area contributed by atoms with Gasteiger partial charge in [-0.3, -0.25) is 13.9 Å². The SMILES string of the molecule is CCC(C)NC(=O)C(Cc1ccccc1)N(Cc1ccccc1C)C(=O)CCCN(c1ccc2c(c1)OCO2)S(C)(=O)=O. The summed E-state index contributed by atoms with van der Waals surface area (Å²) in [6.45, 7) is 6.36. The molecule has 2 amide bonds. The fraction of sp³-hybridized carbons (Fsp3) is 0.394. The number of rotatable bonds is 14. The third-order valence-electron chi connectivity index (χ3n) is 7.67. The molecule has 0 radical (unpaired) electrons. The minimum atomic E-state index is -3.65. The topological polar surface area (TPSA) is 105 Å². The van der Waals surface area contributed by atoms with Gasteiger partial charge in [-0.05, 0) is 55.5 Å². The highest BCUT2D eigenvalue weighted by Gasteiger charge is 2.31. The molecule has 0 aromatic heterocycles. The zero-order valence-corrected chi connectivity index (χ0v) is 26.1. The number of sulfonamides is 1. The molecule has 1 N–H and O–H groups in total. The van der Waals surface area contributed by atoms with Gasteiger partial charge in [0.2, 0.25) is 28.6 Å². The van der Waals surface area contributed by atoms with E-state index in [0.29, 0.717) is 23.6 Å². The van der Waals surface area contributed by atoms with Gasteiger partial charge in [-0.1, -0.05) is 61.5 Å². The summed E-state index contributed by atoms with van der Waals surface area (Å²) in [4.78, 5) is 29.4. The van der Waals surface area contributed by atoms with Crippen molar-refractivity contribution in [2.45, 2.75) is 65.1 Å². The van der Waals surface area contributed by atoms with Crippen LogP contribution in [0.5, 0.6) is 11.5 Å². The Labute approximate surface area is 254 Å².